The van der Waals surface area contributed by atoms with Crippen LogP contribution in [0.25, 0.3) is 0 Å². The summed E-state index contributed by atoms with van der Waals surface area (Å²) in [6, 6.07) is 0. The van der Waals surface area contributed by atoms with Gasteiger partial charge in [0.05, 0.1) is 0 Å². The maximum absolute atomic E-state index is 10.1. The fourth-order valence-electron chi connectivity index (χ4n) is 0.525. The summed E-state index contributed by atoms with van der Waals surface area (Å²) in [6.07, 6.45) is 0.857. The Morgan fingerprint density at radius 1 is 1.54 bits per heavy atom. The van der Waals surface area contributed by atoms with Crippen molar-refractivity contribution in [2.45, 2.75) is 13.0 Å². The lowest BCUT2D eigenvalue weighted by molar-refractivity contribution is -0.131. The van der Waals surface area contributed by atoms with E-state index in [1.165, 1.54) is 6.92 Å². The largest absolute Gasteiger partial charge is 0.478 e. The van der Waals surface area contributed by atoms with Crippen LogP contribution in [-0.4, -0.2) is 28.1 Å². The van der Waals surface area contributed by atoms with Crippen LogP contribution < -0.4 is 0 Å². The molecule has 0 aromatic heterocycles. The van der Waals surface area contributed by atoms with Gasteiger partial charge in [-0.25, -0.2) is 4.79 Å². The van der Waals surface area contributed by atoms with Crippen LogP contribution in [0.5, 0.6) is 0 Å². The van der Waals surface area contributed by atoms with Crippen molar-refractivity contribution >= 4 is 11.7 Å². The number of nitrogens with zero attached hydrogens (tertiary/aromatic N) is 2. The molecule has 7 nitrogen and oxygen atoms in total. The van der Waals surface area contributed by atoms with Crippen LogP contribution in [0.1, 0.15) is 6.92 Å². The maximum Gasteiger partial charge on any atom is 0.328 e. The Balaban J connectivity index is 4.35. The van der Waals surface area contributed by atoms with Gasteiger partial charge in [0.1, 0.15) is 5.71 Å². The van der Waals surface area contributed by atoms with E-state index in [-0.39, 0.29) is 5.71 Å². The van der Waals surface area contributed by atoms with Crippen molar-refractivity contribution in [2.24, 2.45) is 10.5 Å². The van der Waals surface area contributed by atoms with Crippen LogP contribution in [-0.2, 0) is 9.63 Å². The zero-order valence-corrected chi connectivity index (χ0v) is 6.75. The van der Waals surface area contributed by atoms with Gasteiger partial charge in [-0.05, 0) is 13.0 Å². The third-order valence-electron chi connectivity index (χ3n) is 1.13. The second kappa shape index (κ2) is 5.70. The number of hydrogen-bond donors (Lipinski definition) is 2. The molecular weight excluding hydrogens is 180 g/mol. The van der Waals surface area contributed by atoms with Crippen LogP contribution in [0.2, 0.25) is 0 Å². The number of carboxylic acid groups (broad SMARTS) is 1. The zero-order valence-electron chi connectivity index (χ0n) is 6.75. The molecule has 0 aliphatic heterocycles. The summed E-state index contributed by atoms with van der Waals surface area (Å²) in [5, 5.41) is 21.4. The Bertz CT molecular complexity index is 247. The number of hydrogen-bond acceptors (Lipinski definition) is 6. The standard InChI is InChI=1S/C6H8N2O5/c1-4(13-8-12)5(7-11)2-3-6(9)10/h2-4,11H,1H3,(H,9,10)/b3-2+,7-5-. The van der Waals surface area contributed by atoms with Crippen LogP contribution >= 0.6 is 0 Å². The highest BCUT2D eigenvalue weighted by molar-refractivity contribution is 6.01. The minimum atomic E-state index is -1.20. The molecule has 0 saturated carbocycles. The summed E-state index contributed by atoms with van der Waals surface area (Å²) in [5.41, 5.74) is -0.109. The van der Waals surface area contributed by atoms with E-state index in [1.54, 1.807) is 0 Å². The van der Waals surface area contributed by atoms with Gasteiger partial charge in [0.2, 0.25) is 0 Å². The summed E-state index contributed by atoms with van der Waals surface area (Å²) >= 11 is 0. The van der Waals surface area contributed by atoms with Gasteiger partial charge in [-0.3, -0.25) is 0 Å². The molecule has 2 N–H and O–H groups in total. The number of rotatable bonds is 5. The highest BCUT2D eigenvalue weighted by Crippen LogP contribution is 1.97. The first-order valence-electron chi connectivity index (χ1n) is 3.23. The number of aliphatic carboxylic acids is 1. The van der Waals surface area contributed by atoms with Crippen molar-refractivity contribution in [1.82, 2.24) is 0 Å². The van der Waals surface area contributed by atoms with Gasteiger partial charge in [0, 0.05) is 6.08 Å². The number of oxime groups is 1. The highest BCUT2D eigenvalue weighted by atomic mass is 16.7. The van der Waals surface area contributed by atoms with Crippen molar-refractivity contribution in [3.63, 3.8) is 0 Å². The average molecular weight is 188 g/mol. The van der Waals surface area contributed by atoms with E-state index in [9.17, 15) is 9.70 Å². The van der Waals surface area contributed by atoms with Crippen LogP contribution in [0.15, 0.2) is 22.6 Å². The third kappa shape index (κ3) is 4.51. The quantitative estimate of drug-likeness (QED) is 0.215. The van der Waals surface area contributed by atoms with Crippen LogP contribution in [0, 0.1) is 4.91 Å². The molecular formula is C6H8N2O5. The third-order valence-corrected chi connectivity index (χ3v) is 1.13. The highest BCUT2D eigenvalue weighted by Gasteiger charge is 2.10. The summed E-state index contributed by atoms with van der Waals surface area (Å²) in [5.74, 6) is -1.20. The van der Waals surface area contributed by atoms with Crippen LogP contribution in [0.4, 0.5) is 0 Å². The maximum atomic E-state index is 10.1. The molecule has 0 aromatic carbocycles. The summed E-state index contributed by atoms with van der Waals surface area (Å²) in [4.78, 5) is 23.8. The molecule has 1 unspecified atom stereocenters. The predicted molar refractivity (Wildman–Crippen MR) is 42.3 cm³/mol. The van der Waals surface area contributed by atoms with Gasteiger partial charge < -0.3 is 15.2 Å². The first-order chi connectivity index (χ1) is 6.11. The van der Waals surface area contributed by atoms with Crippen molar-refractivity contribution in [3.05, 3.63) is 17.1 Å². The van der Waals surface area contributed by atoms with E-state index in [1.807, 2.05) is 0 Å². The lowest BCUT2D eigenvalue weighted by atomic mass is 10.2. The lowest BCUT2D eigenvalue weighted by Crippen LogP contribution is -2.16. The summed E-state index contributed by atoms with van der Waals surface area (Å²) < 4.78 is 0. The molecule has 0 heterocycles. The molecule has 0 bridgehead atoms. The summed E-state index contributed by atoms with van der Waals surface area (Å²) in [6.45, 7) is 1.38. The van der Waals surface area contributed by atoms with E-state index in [2.05, 4.69) is 15.3 Å². The van der Waals surface area contributed by atoms with Gasteiger partial charge in [0.15, 0.2) is 11.4 Å². The fraction of sp³-hybridized carbons (Fsp3) is 0.333. The second-order valence-electron chi connectivity index (χ2n) is 2.02. The Morgan fingerprint density at radius 3 is 2.54 bits per heavy atom. The molecule has 0 fully saturated rings. The molecule has 0 radical (unpaired) electrons. The first kappa shape index (κ1) is 11.1. The Morgan fingerprint density at radius 2 is 2.15 bits per heavy atom. The van der Waals surface area contributed by atoms with Crippen molar-refractivity contribution in [2.75, 3.05) is 0 Å². The molecule has 0 aliphatic rings. The van der Waals surface area contributed by atoms with Gasteiger partial charge in [-0.2, -0.15) is 0 Å². The monoisotopic (exact) mass is 188 g/mol. The molecule has 0 aromatic rings. The van der Waals surface area contributed by atoms with Gasteiger partial charge >= 0.3 is 5.97 Å². The molecule has 0 aliphatic carbocycles. The van der Waals surface area contributed by atoms with Crippen molar-refractivity contribution in [1.29, 1.82) is 0 Å². The van der Waals surface area contributed by atoms with E-state index in [0.29, 0.717) is 0 Å². The molecule has 72 valence electrons. The van der Waals surface area contributed by atoms with Crippen molar-refractivity contribution < 1.29 is 19.9 Å². The van der Waals surface area contributed by atoms with Gasteiger partial charge in [-0.1, -0.05) is 5.16 Å². The van der Waals surface area contributed by atoms with E-state index < -0.39 is 12.1 Å². The SMILES string of the molecule is CC(ON=O)C(/C=C/C(=O)O)=N\O. The summed E-state index contributed by atoms with van der Waals surface area (Å²) in [7, 11) is 0. The van der Waals surface area contributed by atoms with Gasteiger partial charge in [-0.15, -0.1) is 4.91 Å². The Labute approximate surface area is 73.2 Å². The number of carbonyl (C=O) groups is 1. The number of carboxylic acids is 1. The Hall–Kier alpha value is -1.92. The normalized spacial score (nSPS) is 14.1. The minimum absolute atomic E-state index is 0.109. The molecule has 0 spiro atoms. The van der Waals surface area contributed by atoms with E-state index in [0.717, 1.165) is 12.2 Å². The molecule has 0 amide bonds. The average Bonchev–Trinajstić information content (AvgIpc) is 2.05. The molecule has 7 heteroatoms. The first-order valence-corrected chi connectivity index (χ1v) is 3.23. The zero-order chi connectivity index (χ0) is 10.3. The molecule has 1 atom stereocenters. The van der Waals surface area contributed by atoms with Gasteiger partial charge in [0.25, 0.3) is 0 Å². The van der Waals surface area contributed by atoms with Crippen LogP contribution in [0.3, 0.4) is 0 Å². The fourth-order valence-corrected chi connectivity index (χ4v) is 0.525. The van der Waals surface area contributed by atoms with Crippen molar-refractivity contribution in [3.8, 4) is 0 Å². The predicted octanol–water partition coefficient (Wildman–Crippen LogP) is 0.544. The molecule has 0 saturated heterocycles. The lowest BCUT2D eigenvalue weighted by Gasteiger charge is -2.03. The minimum Gasteiger partial charge on any atom is -0.478 e. The topological polar surface area (TPSA) is 109 Å². The second-order valence-corrected chi connectivity index (χ2v) is 2.02. The Kier molecular flexibility index (Phi) is 4.85. The van der Waals surface area contributed by atoms with E-state index >= 15 is 0 Å². The molecule has 0 rings (SSSR count). The van der Waals surface area contributed by atoms with E-state index in [4.69, 9.17) is 10.3 Å². The smallest absolute Gasteiger partial charge is 0.328 e. The molecule has 13 heavy (non-hydrogen) atoms.